The van der Waals surface area contributed by atoms with E-state index in [9.17, 15) is 4.79 Å². The third-order valence-corrected chi connectivity index (χ3v) is 5.74. The van der Waals surface area contributed by atoms with Crippen LogP contribution < -0.4 is 11.1 Å². The van der Waals surface area contributed by atoms with Gasteiger partial charge in [0.2, 0.25) is 0 Å². The molecule has 0 radical (unpaired) electrons. The van der Waals surface area contributed by atoms with Crippen LogP contribution in [0.1, 0.15) is 56.6 Å². The molecule has 1 amide bonds. The number of hydrogen-bond donors (Lipinski definition) is 2. The molecule has 1 atom stereocenters. The van der Waals surface area contributed by atoms with Gasteiger partial charge < -0.3 is 15.8 Å². The molecule has 0 saturated heterocycles. The van der Waals surface area contributed by atoms with E-state index in [1.807, 2.05) is 0 Å². The lowest BCUT2D eigenvalue weighted by atomic mass is 9.68. The Kier molecular flexibility index (Phi) is 4.23. The van der Waals surface area contributed by atoms with E-state index in [-0.39, 0.29) is 17.4 Å². The second-order valence-electron chi connectivity index (χ2n) is 7.78. The molecule has 23 heavy (non-hydrogen) atoms. The highest BCUT2D eigenvalue weighted by atomic mass is 16.5. The van der Waals surface area contributed by atoms with Gasteiger partial charge in [0.15, 0.2) is 0 Å². The van der Waals surface area contributed by atoms with Crippen molar-refractivity contribution in [3.63, 3.8) is 0 Å². The molecule has 0 aliphatic heterocycles. The van der Waals surface area contributed by atoms with E-state index in [0.29, 0.717) is 25.3 Å². The van der Waals surface area contributed by atoms with Gasteiger partial charge in [0.05, 0.1) is 0 Å². The third-order valence-electron chi connectivity index (χ3n) is 5.74. The summed E-state index contributed by atoms with van der Waals surface area (Å²) in [6, 6.07) is 8.72. The zero-order chi connectivity index (χ0) is 16.7. The number of methoxy groups -OCH3 is 1. The molecule has 2 aliphatic rings. The van der Waals surface area contributed by atoms with Gasteiger partial charge in [-0.3, -0.25) is 4.79 Å². The molecule has 1 saturated carbocycles. The minimum Gasteiger partial charge on any atom is -0.368 e. The Morgan fingerprint density at radius 3 is 2.70 bits per heavy atom. The quantitative estimate of drug-likeness (QED) is 0.897. The van der Waals surface area contributed by atoms with Crippen LogP contribution in [0.25, 0.3) is 0 Å². The third kappa shape index (κ3) is 2.90. The van der Waals surface area contributed by atoms with Gasteiger partial charge in [0.25, 0.3) is 5.91 Å². The van der Waals surface area contributed by atoms with Crippen LogP contribution in [0.5, 0.6) is 0 Å². The van der Waals surface area contributed by atoms with Crippen LogP contribution in [-0.2, 0) is 14.9 Å². The molecule has 1 aromatic rings. The van der Waals surface area contributed by atoms with E-state index in [1.54, 1.807) is 7.11 Å². The number of fused-ring (bicyclic) bond motifs is 1. The Morgan fingerprint density at radius 2 is 2.04 bits per heavy atom. The number of carbonyl (C=O) groups excluding carboxylic acids is 1. The molecular formula is C19H28N2O2. The van der Waals surface area contributed by atoms with Crippen molar-refractivity contribution in [1.29, 1.82) is 0 Å². The normalized spacial score (nSPS) is 31.8. The summed E-state index contributed by atoms with van der Waals surface area (Å²) in [5.41, 5.74) is 8.14. The number of amides is 1. The van der Waals surface area contributed by atoms with E-state index >= 15 is 0 Å². The standard InChI is InChI=1S/C19H28N2O2/c1-18(2)9-8-13(15-6-4-5-7-16(15)18)12-21-17(22)19(23-3)10-14(20)11-19/h4-7,13-14H,8-12,20H2,1-3H3,(H,21,22). The number of ether oxygens (including phenoxy) is 1. The predicted octanol–water partition coefficient (Wildman–Crippen LogP) is 2.46. The Hall–Kier alpha value is -1.39. The van der Waals surface area contributed by atoms with Gasteiger partial charge in [-0.15, -0.1) is 0 Å². The van der Waals surface area contributed by atoms with Gasteiger partial charge in [-0.25, -0.2) is 0 Å². The maximum Gasteiger partial charge on any atom is 0.252 e. The molecule has 0 spiro atoms. The van der Waals surface area contributed by atoms with Crippen LogP contribution in [0, 0.1) is 0 Å². The first-order valence-corrected chi connectivity index (χ1v) is 8.56. The predicted molar refractivity (Wildman–Crippen MR) is 91.4 cm³/mol. The first-order chi connectivity index (χ1) is 10.9. The molecule has 0 bridgehead atoms. The topological polar surface area (TPSA) is 64.3 Å². The highest BCUT2D eigenvalue weighted by Crippen LogP contribution is 2.42. The molecule has 1 fully saturated rings. The van der Waals surface area contributed by atoms with Crippen LogP contribution >= 0.6 is 0 Å². The summed E-state index contributed by atoms with van der Waals surface area (Å²) in [5.74, 6) is 0.370. The number of rotatable bonds is 4. The summed E-state index contributed by atoms with van der Waals surface area (Å²) < 4.78 is 5.46. The molecule has 1 unspecified atom stereocenters. The number of nitrogens with two attached hydrogens (primary N) is 1. The first-order valence-electron chi connectivity index (χ1n) is 8.56. The number of nitrogens with one attached hydrogen (secondary N) is 1. The number of carbonyl (C=O) groups is 1. The maximum atomic E-state index is 12.5. The maximum absolute atomic E-state index is 12.5. The minimum absolute atomic E-state index is 0.0102. The van der Waals surface area contributed by atoms with Crippen molar-refractivity contribution in [3.05, 3.63) is 35.4 Å². The highest BCUT2D eigenvalue weighted by Gasteiger charge is 2.49. The largest absolute Gasteiger partial charge is 0.368 e. The second-order valence-corrected chi connectivity index (χ2v) is 7.78. The van der Waals surface area contributed by atoms with Crippen molar-refractivity contribution >= 4 is 5.91 Å². The molecular weight excluding hydrogens is 288 g/mol. The average Bonchev–Trinajstić information content (AvgIpc) is 2.51. The first kappa shape index (κ1) is 16.5. The van der Waals surface area contributed by atoms with Crippen molar-refractivity contribution in [2.24, 2.45) is 5.73 Å². The fourth-order valence-corrected chi connectivity index (χ4v) is 4.12. The van der Waals surface area contributed by atoms with E-state index in [1.165, 1.54) is 11.1 Å². The molecule has 2 aliphatic carbocycles. The van der Waals surface area contributed by atoms with E-state index in [4.69, 9.17) is 10.5 Å². The van der Waals surface area contributed by atoms with Crippen LogP contribution in [0.2, 0.25) is 0 Å². The molecule has 1 aromatic carbocycles. The van der Waals surface area contributed by atoms with Crippen LogP contribution in [0.4, 0.5) is 0 Å². The van der Waals surface area contributed by atoms with Gasteiger partial charge in [-0.1, -0.05) is 38.1 Å². The SMILES string of the molecule is COC1(C(=O)NCC2CCC(C)(C)c3ccccc32)CC(N)C1. The summed E-state index contributed by atoms with van der Waals surface area (Å²) in [5, 5.41) is 3.12. The molecule has 0 heterocycles. The number of benzene rings is 1. The van der Waals surface area contributed by atoms with Gasteiger partial charge in [-0.05, 0) is 29.4 Å². The van der Waals surface area contributed by atoms with Crippen molar-refractivity contribution in [1.82, 2.24) is 5.32 Å². The Balaban J connectivity index is 1.69. The van der Waals surface area contributed by atoms with Gasteiger partial charge >= 0.3 is 0 Å². The smallest absolute Gasteiger partial charge is 0.252 e. The fourth-order valence-electron chi connectivity index (χ4n) is 4.12. The highest BCUT2D eigenvalue weighted by molar-refractivity contribution is 5.86. The lowest BCUT2D eigenvalue weighted by Crippen LogP contribution is -2.61. The monoisotopic (exact) mass is 316 g/mol. The summed E-state index contributed by atoms with van der Waals surface area (Å²) in [7, 11) is 1.60. The molecule has 0 aromatic heterocycles. The summed E-state index contributed by atoms with van der Waals surface area (Å²) >= 11 is 0. The zero-order valence-electron chi connectivity index (χ0n) is 14.4. The molecule has 4 heteroatoms. The van der Waals surface area contributed by atoms with Crippen molar-refractivity contribution in [2.75, 3.05) is 13.7 Å². The fraction of sp³-hybridized carbons (Fsp3) is 0.632. The molecule has 4 nitrogen and oxygen atoms in total. The summed E-state index contributed by atoms with van der Waals surface area (Å²) in [6.45, 7) is 5.28. The van der Waals surface area contributed by atoms with Gasteiger partial charge in [0, 0.05) is 38.5 Å². The lowest BCUT2D eigenvalue weighted by Gasteiger charge is -2.43. The van der Waals surface area contributed by atoms with Gasteiger partial charge in [-0.2, -0.15) is 0 Å². The van der Waals surface area contributed by atoms with Crippen molar-refractivity contribution in [2.45, 2.75) is 62.5 Å². The van der Waals surface area contributed by atoms with Crippen LogP contribution in [0.15, 0.2) is 24.3 Å². The van der Waals surface area contributed by atoms with Crippen LogP contribution in [0.3, 0.4) is 0 Å². The average molecular weight is 316 g/mol. The van der Waals surface area contributed by atoms with E-state index in [2.05, 4.69) is 43.4 Å². The molecule has 3 rings (SSSR count). The lowest BCUT2D eigenvalue weighted by molar-refractivity contribution is -0.156. The van der Waals surface area contributed by atoms with Crippen molar-refractivity contribution in [3.8, 4) is 0 Å². The van der Waals surface area contributed by atoms with E-state index in [0.717, 1.165) is 12.8 Å². The summed E-state index contributed by atoms with van der Waals surface area (Å²) in [6.07, 6.45) is 3.47. The van der Waals surface area contributed by atoms with E-state index < -0.39 is 5.60 Å². The Morgan fingerprint density at radius 1 is 1.35 bits per heavy atom. The molecule has 3 N–H and O–H groups in total. The summed E-state index contributed by atoms with van der Waals surface area (Å²) in [4.78, 5) is 12.5. The molecule has 126 valence electrons. The van der Waals surface area contributed by atoms with Crippen molar-refractivity contribution < 1.29 is 9.53 Å². The van der Waals surface area contributed by atoms with Gasteiger partial charge in [0.1, 0.15) is 5.60 Å². The zero-order valence-corrected chi connectivity index (χ0v) is 14.4. The Labute approximate surface area is 138 Å². The minimum atomic E-state index is -0.702. The Bertz CT molecular complexity index is 591. The van der Waals surface area contributed by atoms with Crippen LogP contribution in [-0.4, -0.2) is 31.2 Å². The number of hydrogen-bond acceptors (Lipinski definition) is 3. The second kappa shape index (κ2) is 5.91.